The van der Waals surface area contributed by atoms with Crippen LogP contribution in [0, 0.1) is 0 Å². The average molecular weight is 350 g/mol. The fraction of sp³-hybridized carbons (Fsp3) is 0.471. The van der Waals surface area contributed by atoms with E-state index >= 15 is 0 Å². The molecule has 1 heterocycles. The minimum atomic E-state index is -0.592. The van der Waals surface area contributed by atoms with E-state index in [9.17, 15) is 14.4 Å². The minimum absolute atomic E-state index is 0.0760. The Hall–Kier alpha value is -2.02. The number of carbonyl (C=O) groups is 3. The second-order valence-corrected chi connectivity index (χ2v) is 7.36. The molecule has 7 heteroatoms. The van der Waals surface area contributed by atoms with E-state index in [0.29, 0.717) is 23.4 Å². The van der Waals surface area contributed by atoms with E-state index < -0.39 is 5.97 Å². The summed E-state index contributed by atoms with van der Waals surface area (Å²) in [6.07, 6.45) is 1.21. The Labute approximate surface area is 145 Å². The second-order valence-electron chi connectivity index (χ2n) is 6.22. The molecule has 0 atom stereocenters. The highest BCUT2D eigenvalue weighted by atomic mass is 32.2. The third kappa shape index (κ3) is 4.99. The molecule has 6 nitrogen and oxygen atoms in total. The van der Waals surface area contributed by atoms with E-state index in [-0.39, 0.29) is 24.0 Å². The minimum Gasteiger partial charge on any atom is -0.452 e. The number of thioether (sulfide) groups is 1. The quantitative estimate of drug-likeness (QED) is 0.798. The first kappa shape index (κ1) is 18.3. The van der Waals surface area contributed by atoms with Crippen LogP contribution >= 0.6 is 11.8 Å². The molecule has 0 radical (unpaired) electrons. The summed E-state index contributed by atoms with van der Waals surface area (Å²) in [6.45, 7) is 5.44. The molecule has 1 aromatic carbocycles. The molecule has 1 aromatic rings. The van der Waals surface area contributed by atoms with Gasteiger partial charge in [0, 0.05) is 22.6 Å². The van der Waals surface area contributed by atoms with Crippen molar-refractivity contribution in [2.24, 2.45) is 0 Å². The van der Waals surface area contributed by atoms with Crippen LogP contribution in [0.25, 0.3) is 0 Å². The van der Waals surface area contributed by atoms with Crippen molar-refractivity contribution in [2.75, 3.05) is 17.7 Å². The summed E-state index contributed by atoms with van der Waals surface area (Å²) in [5.74, 6) is -0.303. The number of benzene rings is 1. The SMILES string of the molecule is CCC(C)(C)NC(=O)COC(=O)c1ccc2c(c1)NC(=O)CCS2. The molecule has 24 heavy (non-hydrogen) atoms. The van der Waals surface area contributed by atoms with Gasteiger partial charge in [0.1, 0.15) is 0 Å². The van der Waals surface area contributed by atoms with Crippen molar-refractivity contribution in [3.05, 3.63) is 23.8 Å². The highest BCUT2D eigenvalue weighted by Crippen LogP contribution is 2.31. The fourth-order valence-electron chi connectivity index (χ4n) is 2.06. The van der Waals surface area contributed by atoms with Crippen LogP contribution in [0.5, 0.6) is 0 Å². The maximum absolute atomic E-state index is 12.1. The Kier molecular flexibility index (Phi) is 5.88. The lowest BCUT2D eigenvalue weighted by Crippen LogP contribution is -2.44. The van der Waals surface area contributed by atoms with Gasteiger partial charge in [0.05, 0.1) is 11.3 Å². The molecular weight excluding hydrogens is 328 g/mol. The summed E-state index contributed by atoms with van der Waals surface area (Å²) in [6, 6.07) is 5.00. The van der Waals surface area contributed by atoms with E-state index in [1.165, 1.54) is 0 Å². The Morgan fingerprint density at radius 3 is 2.83 bits per heavy atom. The molecule has 0 bridgehead atoms. The van der Waals surface area contributed by atoms with Crippen molar-refractivity contribution in [1.82, 2.24) is 5.32 Å². The lowest BCUT2D eigenvalue weighted by Gasteiger charge is -2.24. The van der Waals surface area contributed by atoms with Crippen LogP contribution in [0.15, 0.2) is 23.1 Å². The third-order valence-corrected chi connectivity index (χ3v) is 4.85. The van der Waals surface area contributed by atoms with Gasteiger partial charge < -0.3 is 15.4 Å². The number of ether oxygens (including phenoxy) is 1. The second kappa shape index (κ2) is 7.70. The van der Waals surface area contributed by atoms with Crippen LogP contribution in [0.2, 0.25) is 0 Å². The Bertz CT molecular complexity index is 658. The van der Waals surface area contributed by atoms with Gasteiger partial charge in [-0.3, -0.25) is 9.59 Å². The molecule has 0 saturated carbocycles. The highest BCUT2D eigenvalue weighted by Gasteiger charge is 2.20. The van der Waals surface area contributed by atoms with Gasteiger partial charge in [-0.05, 0) is 38.5 Å². The smallest absolute Gasteiger partial charge is 0.338 e. The van der Waals surface area contributed by atoms with Crippen LogP contribution in [0.1, 0.15) is 44.0 Å². The largest absolute Gasteiger partial charge is 0.452 e. The van der Waals surface area contributed by atoms with Crippen molar-refractivity contribution in [1.29, 1.82) is 0 Å². The number of hydrogen-bond acceptors (Lipinski definition) is 5. The van der Waals surface area contributed by atoms with Gasteiger partial charge in [-0.25, -0.2) is 4.79 Å². The number of hydrogen-bond donors (Lipinski definition) is 2. The maximum Gasteiger partial charge on any atom is 0.338 e. The molecule has 2 amide bonds. The number of nitrogens with one attached hydrogen (secondary N) is 2. The zero-order valence-corrected chi connectivity index (χ0v) is 14.9. The summed E-state index contributed by atoms with van der Waals surface area (Å²) in [4.78, 5) is 36.5. The van der Waals surface area contributed by atoms with E-state index in [0.717, 1.165) is 11.3 Å². The van der Waals surface area contributed by atoms with Gasteiger partial charge in [-0.15, -0.1) is 11.8 Å². The summed E-state index contributed by atoms with van der Waals surface area (Å²) >= 11 is 1.56. The maximum atomic E-state index is 12.1. The summed E-state index contributed by atoms with van der Waals surface area (Å²) in [5, 5.41) is 5.57. The van der Waals surface area contributed by atoms with Crippen LogP contribution in [-0.2, 0) is 14.3 Å². The van der Waals surface area contributed by atoms with Crippen LogP contribution in [0.4, 0.5) is 5.69 Å². The molecule has 2 rings (SSSR count). The predicted octanol–water partition coefficient (Wildman–Crippen LogP) is 2.58. The predicted molar refractivity (Wildman–Crippen MR) is 93.2 cm³/mol. The number of carbonyl (C=O) groups excluding carboxylic acids is 3. The van der Waals surface area contributed by atoms with Crippen LogP contribution in [-0.4, -0.2) is 35.7 Å². The van der Waals surface area contributed by atoms with Gasteiger partial charge in [0.2, 0.25) is 5.91 Å². The number of fused-ring (bicyclic) bond motifs is 1. The summed E-state index contributed by atoms with van der Waals surface area (Å²) < 4.78 is 5.06. The molecule has 0 spiro atoms. The first-order valence-electron chi connectivity index (χ1n) is 7.85. The van der Waals surface area contributed by atoms with Gasteiger partial charge in [0.15, 0.2) is 6.61 Å². The summed E-state index contributed by atoms with van der Waals surface area (Å²) in [7, 11) is 0. The van der Waals surface area contributed by atoms with E-state index in [2.05, 4.69) is 10.6 Å². The third-order valence-electron chi connectivity index (χ3n) is 3.77. The molecule has 0 saturated heterocycles. The van der Waals surface area contributed by atoms with E-state index in [1.807, 2.05) is 20.8 Å². The standard InChI is InChI=1S/C17H22N2O4S/c1-4-17(2,3)19-15(21)10-23-16(22)11-5-6-13-12(9-11)18-14(20)7-8-24-13/h5-6,9H,4,7-8,10H2,1-3H3,(H,18,20)(H,19,21). The molecular formula is C17H22N2O4S. The van der Waals surface area contributed by atoms with Gasteiger partial charge in [-0.1, -0.05) is 6.92 Å². The molecule has 0 aliphatic carbocycles. The van der Waals surface area contributed by atoms with Gasteiger partial charge in [-0.2, -0.15) is 0 Å². The monoisotopic (exact) mass is 350 g/mol. The number of rotatable bonds is 5. The highest BCUT2D eigenvalue weighted by molar-refractivity contribution is 7.99. The van der Waals surface area contributed by atoms with E-state index in [4.69, 9.17) is 4.74 Å². The van der Waals surface area contributed by atoms with E-state index in [1.54, 1.807) is 30.0 Å². The lowest BCUT2D eigenvalue weighted by molar-refractivity contribution is -0.125. The molecule has 1 aliphatic rings. The first-order valence-corrected chi connectivity index (χ1v) is 8.84. The van der Waals surface area contributed by atoms with Crippen molar-refractivity contribution >= 4 is 35.2 Å². The normalized spacial score (nSPS) is 14.2. The number of amides is 2. The molecule has 1 aliphatic heterocycles. The van der Waals surface area contributed by atoms with Crippen LogP contribution in [0.3, 0.4) is 0 Å². The van der Waals surface area contributed by atoms with Crippen molar-refractivity contribution in [2.45, 2.75) is 44.0 Å². The fourth-order valence-corrected chi connectivity index (χ4v) is 3.00. The molecule has 0 unspecified atom stereocenters. The Morgan fingerprint density at radius 1 is 1.38 bits per heavy atom. The average Bonchev–Trinajstić information content (AvgIpc) is 2.71. The van der Waals surface area contributed by atoms with Crippen LogP contribution < -0.4 is 10.6 Å². The molecule has 2 N–H and O–H groups in total. The zero-order chi connectivity index (χ0) is 17.7. The van der Waals surface area contributed by atoms with Gasteiger partial charge >= 0.3 is 5.97 Å². The van der Waals surface area contributed by atoms with Crippen molar-refractivity contribution < 1.29 is 19.1 Å². The van der Waals surface area contributed by atoms with Gasteiger partial charge in [0.25, 0.3) is 5.91 Å². The summed E-state index contributed by atoms with van der Waals surface area (Å²) in [5.41, 5.74) is 0.572. The van der Waals surface area contributed by atoms with Crippen molar-refractivity contribution in [3.8, 4) is 0 Å². The lowest BCUT2D eigenvalue weighted by atomic mass is 10.0. The molecule has 130 valence electrons. The number of esters is 1. The Morgan fingerprint density at radius 2 is 2.12 bits per heavy atom. The molecule has 0 aromatic heterocycles. The first-order chi connectivity index (χ1) is 11.3. The zero-order valence-electron chi connectivity index (χ0n) is 14.1. The van der Waals surface area contributed by atoms with Crippen molar-refractivity contribution in [3.63, 3.8) is 0 Å². The number of anilines is 1. The Balaban J connectivity index is 1.98. The molecule has 0 fully saturated rings. The topological polar surface area (TPSA) is 84.5 Å².